The second kappa shape index (κ2) is 10.0. The monoisotopic (exact) mass is 638 g/mol. The first kappa shape index (κ1) is 27.4. The molecule has 0 N–H and O–H groups in total. The van der Waals surface area contributed by atoms with Crippen LogP contribution in [0.4, 0.5) is 0 Å². The standard InChI is InChI=1S/C46H30N4/c1-27-11-9-16-32(21-27)38-26-41(48-45(47-38)33-17-10-12-28(2)22-33)49-40-25-30-14-4-3-13-29(30)23-36(40)43-37-24-31-15-5-6-18-34(31)42-35-19-7-8-20-39(35)50(44(37)42)46(43)49/h3-26H,1-2H3. The number of aryl methyl sites for hydroxylation is 2. The Morgan fingerprint density at radius 2 is 1.12 bits per heavy atom. The molecule has 4 nitrogen and oxygen atoms in total. The Bertz CT molecular complexity index is 3110. The van der Waals surface area contributed by atoms with Crippen molar-refractivity contribution in [1.82, 2.24) is 18.9 Å². The number of rotatable bonds is 3. The van der Waals surface area contributed by atoms with Gasteiger partial charge in [0.05, 0.1) is 22.2 Å². The maximum absolute atomic E-state index is 5.43. The second-order valence-electron chi connectivity index (χ2n) is 13.6. The fraction of sp³-hybridized carbons (Fsp3) is 0.0435. The molecule has 234 valence electrons. The van der Waals surface area contributed by atoms with Crippen molar-refractivity contribution in [3.63, 3.8) is 0 Å². The molecule has 0 aliphatic carbocycles. The summed E-state index contributed by atoms with van der Waals surface area (Å²) in [5, 5.41) is 11.2. The van der Waals surface area contributed by atoms with Gasteiger partial charge < -0.3 is 0 Å². The predicted molar refractivity (Wildman–Crippen MR) is 209 cm³/mol. The molecule has 4 heteroatoms. The Labute approximate surface area is 287 Å². The highest BCUT2D eigenvalue weighted by Gasteiger charge is 2.27. The molecule has 0 atom stereocenters. The normalized spacial score (nSPS) is 12.2. The van der Waals surface area contributed by atoms with Crippen molar-refractivity contribution in [1.29, 1.82) is 0 Å². The summed E-state index contributed by atoms with van der Waals surface area (Å²) in [7, 11) is 0. The Morgan fingerprint density at radius 1 is 0.460 bits per heavy atom. The number of nitrogens with zero attached hydrogens (tertiary/aromatic N) is 4. The van der Waals surface area contributed by atoms with Gasteiger partial charge in [-0.25, -0.2) is 9.97 Å². The first-order valence-electron chi connectivity index (χ1n) is 17.2. The van der Waals surface area contributed by atoms with Crippen molar-refractivity contribution in [2.24, 2.45) is 0 Å². The van der Waals surface area contributed by atoms with Crippen LogP contribution in [0.5, 0.6) is 0 Å². The minimum atomic E-state index is 0.711. The SMILES string of the molecule is Cc1cccc(-c2cc(-n3c4cc5ccccc5cc4c4c5cc6ccccc6c6c7ccccc7n(c56)c43)nc(-c3cccc(C)c3)n2)c1. The maximum atomic E-state index is 5.43. The van der Waals surface area contributed by atoms with Crippen molar-refractivity contribution in [2.75, 3.05) is 0 Å². The number of para-hydroxylation sites is 1. The Hall–Kier alpha value is -6.52. The van der Waals surface area contributed by atoms with Gasteiger partial charge in [-0.15, -0.1) is 0 Å². The third-order valence-corrected chi connectivity index (χ3v) is 10.5. The van der Waals surface area contributed by atoms with E-state index < -0.39 is 0 Å². The number of aromatic nitrogens is 4. The first-order valence-corrected chi connectivity index (χ1v) is 17.2. The zero-order chi connectivity index (χ0) is 33.1. The molecule has 0 saturated heterocycles. The highest BCUT2D eigenvalue weighted by Crippen LogP contribution is 2.47. The molecule has 11 aromatic rings. The molecule has 0 saturated carbocycles. The zero-order valence-corrected chi connectivity index (χ0v) is 27.6. The lowest BCUT2D eigenvalue weighted by Crippen LogP contribution is -2.04. The van der Waals surface area contributed by atoms with E-state index in [0.29, 0.717) is 5.82 Å². The van der Waals surface area contributed by atoms with Gasteiger partial charge in [0.25, 0.3) is 0 Å². The van der Waals surface area contributed by atoms with Crippen LogP contribution in [0.3, 0.4) is 0 Å². The fourth-order valence-electron chi connectivity index (χ4n) is 8.34. The van der Waals surface area contributed by atoms with E-state index in [0.717, 1.165) is 33.8 Å². The lowest BCUT2D eigenvalue weighted by Gasteiger charge is -2.13. The molecular weight excluding hydrogens is 609 g/mol. The zero-order valence-electron chi connectivity index (χ0n) is 27.6. The van der Waals surface area contributed by atoms with Crippen LogP contribution in [-0.2, 0) is 0 Å². The largest absolute Gasteiger partial charge is 0.294 e. The average molecular weight is 639 g/mol. The smallest absolute Gasteiger partial charge is 0.162 e. The molecular formula is C46H30N4. The van der Waals surface area contributed by atoms with E-state index in [1.54, 1.807) is 0 Å². The molecule has 50 heavy (non-hydrogen) atoms. The van der Waals surface area contributed by atoms with Crippen LogP contribution in [0.2, 0.25) is 0 Å². The van der Waals surface area contributed by atoms with Crippen molar-refractivity contribution in [3.8, 4) is 28.5 Å². The predicted octanol–water partition coefficient (Wildman–Crippen LogP) is 11.8. The molecule has 0 amide bonds. The Morgan fingerprint density at radius 3 is 1.92 bits per heavy atom. The van der Waals surface area contributed by atoms with E-state index >= 15 is 0 Å². The van der Waals surface area contributed by atoms with Crippen LogP contribution >= 0.6 is 0 Å². The topological polar surface area (TPSA) is 35.1 Å². The molecule has 0 bridgehead atoms. The quantitative estimate of drug-likeness (QED) is 0.193. The summed E-state index contributed by atoms with van der Waals surface area (Å²) in [6.07, 6.45) is 0. The lowest BCUT2D eigenvalue weighted by molar-refractivity contribution is 1.03. The van der Waals surface area contributed by atoms with Gasteiger partial charge in [-0.1, -0.05) is 114 Å². The number of benzene rings is 7. The average Bonchev–Trinajstić information content (AvgIpc) is 3.77. The van der Waals surface area contributed by atoms with Crippen LogP contribution in [0.15, 0.2) is 146 Å². The van der Waals surface area contributed by atoms with Crippen LogP contribution in [0.25, 0.3) is 99.1 Å². The van der Waals surface area contributed by atoms with Gasteiger partial charge >= 0.3 is 0 Å². The third-order valence-electron chi connectivity index (χ3n) is 10.5. The minimum absolute atomic E-state index is 0.711. The molecule has 0 radical (unpaired) electrons. The van der Waals surface area contributed by atoms with Crippen molar-refractivity contribution >= 4 is 70.7 Å². The molecule has 0 aliphatic rings. The Kier molecular flexibility index (Phi) is 5.49. The van der Waals surface area contributed by atoms with Crippen LogP contribution in [0.1, 0.15) is 11.1 Å². The maximum Gasteiger partial charge on any atom is 0.162 e. The summed E-state index contributed by atoms with van der Waals surface area (Å²) in [6, 6.07) is 52.7. The van der Waals surface area contributed by atoms with E-state index in [1.807, 2.05) is 0 Å². The van der Waals surface area contributed by atoms with E-state index in [1.165, 1.54) is 70.6 Å². The summed E-state index contributed by atoms with van der Waals surface area (Å²) in [5.74, 6) is 1.56. The molecule has 0 spiro atoms. The highest BCUT2D eigenvalue weighted by molar-refractivity contribution is 6.35. The highest BCUT2D eigenvalue weighted by atomic mass is 15.2. The molecule has 4 aromatic heterocycles. The Balaban J connectivity index is 1.38. The molecule has 11 rings (SSSR count). The van der Waals surface area contributed by atoms with Gasteiger partial charge in [-0.05, 0) is 71.8 Å². The van der Waals surface area contributed by atoms with Gasteiger partial charge in [0.15, 0.2) is 5.82 Å². The number of hydrogen-bond acceptors (Lipinski definition) is 2. The second-order valence-corrected chi connectivity index (χ2v) is 13.6. The van der Waals surface area contributed by atoms with Crippen LogP contribution in [-0.4, -0.2) is 18.9 Å². The lowest BCUT2D eigenvalue weighted by atomic mass is 9.99. The summed E-state index contributed by atoms with van der Waals surface area (Å²) in [6.45, 7) is 4.25. The summed E-state index contributed by atoms with van der Waals surface area (Å²) in [4.78, 5) is 10.6. The van der Waals surface area contributed by atoms with Gasteiger partial charge in [-0.2, -0.15) is 0 Å². The van der Waals surface area contributed by atoms with E-state index in [2.05, 4.69) is 168 Å². The molecule has 0 fully saturated rings. The number of hydrogen-bond donors (Lipinski definition) is 0. The third kappa shape index (κ3) is 3.76. The fourth-order valence-corrected chi connectivity index (χ4v) is 8.34. The van der Waals surface area contributed by atoms with E-state index in [4.69, 9.17) is 9.97 Å². The van der Waals surface area contributed by atoms with Gasteiger partial charge in [0.2, 0.25) is 0 Å². The van der Waals surface area contributed by atoms with Crippen LogP contribution in [0, 0.1) is 13.8 Å². The van der Waals surface area contributed by atoms with E-state index in [-0.39, 0.29) is 0 Å². The summed E-state index contributed by atoms with van der Waals surface area (Å²) < 4.78 is 4.89. The summed E-state index contributed by atoms with van der Waals surface area (Å²) >= 11 is 0. The molecule has 4 heterocycles. The minimum Gasteiger partial charge on any atom is -0.294 e. The molecule has 0 aliphatic heterocycles. The van der Waals surface area contributed by atoms with Crippen molar-refractivity contribution in [2.45, 2.75) is 13.8 Å². The number of fused-ring (bicyclic) bond motifs is 11. The molecule has 7 aromatic carbocycles. The van der Waals surface area contributed by atoms with Gasteiger partial charge in [0.1, 0.15) is 11.5 Å². The first-order chi connectivity index (χ1) is 24.6. The van der Waals surface area contributed by atoms with Crippen LogP contribution < -0.4 is 0 Å². The van der Waals surface area contributed by atoms with Crippen molar-refractivity contribution in [3.05, 3.63) is 157 Å². The van der Waals surface area contributed by atoms with Gasteiger partial charge in [0, 0.05) is 44.1 Å². The molecule has 0 unspecified atom stereocenters. The summed E-state index contributed by atoms with van der Waals surface area (Å²) in [5.41, 5.74) is 10.0. The van der Waals surface area contributed by atoms with Crippen molar-refractivity contribution < 1.29 is 0 Å². The van der Waals surface area contributed by atoms with Gasteiger partial charge in [-0.3, -0.25) is 8.97 Å². The van der Waals surface area contributed by atoms with E-state index in [9.17, 15) is 0 Å².